The van der Waals surface area contributed by atoms with Crippen molar-refractivity contribution < 1.29 is 5.11 Å². The third kappa shape index (κ3) is 2.67. The summed E-state index contributed by atoms with van der Waals surface area (Å²) in [6.07, 6.45) is 4.49. The van der Waals surface area contributed by atoms with E-state index in [1.807, 2.05) is 7.05 Å². The van der Waals surface area contributed by atoms with E-state index in [0.717, 1.165) is 19.4 Å². The molecule has 3 atom stereocenters. The van der Waals surface area contributed by atoms with E-state index >= 15 is 0 Å². The maximum atomic E-state index is 9.82. The zero-order valence-electron chi connectivity index (χ0n) is 11.7. The van der Waals surface area contributed by atoms with Crippen molar-refractivity contribution in [2.75, 3.05) is 13.6 Å². The van der Waals surface area contributed by atoms with Gasteiger partial charge in [-0.1, -0.05) is 13.8 Å². The van der Waals surface area contributed by atoms with Gasteiger partial charge in [-0.15, -0.1) is 0 Å². The molecule has 0 saturated carbocycles. The van der Waals surface area contributed by atoms with Gasteiger partial charge in [-0.3, -0.25) is 4.90 Å². The van der Waals surface area contributed by atoms with Crippen LogP contribution in [0.25, 0.3) is 0 Å². The highest BCUT2D eigenvalue weighted by Crippen LogP contribution is 2.38. The molecule has 3 nitrogen and oxygen atoms in total. The fraction of sp³-hybridized carbons (Fsp3) is 1.00. The van der Waals surface area contributed by atoms with Crippen LogP contribution in [0.4, 0.5) is 0 Å². The van der Waals surface area contributed by atoms with Crippen LogP contribution in [0.15, 0.2) is 0 Å². The highest BCUT2D eigenvalue weighted by Gasteiger charge is 2.42. The number of piperidine rings is 1. The Kier molecular flexibility index (Phi) is 3.81. The van der Waals surface area contributed by atoms with E-state index in [4.69, 9.17) is 0 Å². The average Bonchev–Trinajstić information content (AvgIpc) is 2.51. The Morgan fingerprint density at radius 3 is 2.29 bits per heavy atom. The lowest BCUT2D eigenvalue weighted by Crippen LogP contribution is -2.52. The van der Waals surface area contributed by atoms with Crippen molar-refractivity contribution in [3.63, 3.8) is 0 Å². The minimum Gasteiger partial charge on any atom is -0.393 e. The molecule has 0 spiro atoms. The molecule has 2 aliphatic heterocycles. The monoisotopic (exact) mass is 240 g/mol. The van der Waals surface area contributed by atoms with Gasteiger partial charge < -0.3 is 10.4 Å². The van der Waals surface area contributed by atoms with Crippen LogP contribution >= 0.6 is 0 Å². The summed E-state index contributed by atoms with van der Waals surface area (Å²) in [4.78, 5) is 2.67. The third-order valence-electron chi connectivity index (χ3n) is 5.05. The van der Waals surface area contributed by atoms with Gasteiger partial charge in [0, 0.05) is 24.7 Å². The topological polar surface area (TPSA) is 35.5 Å². The maximum absolute atomic E-state index is 9.82. The zero-order valence-corrected chi connectivity index (χ0v) is 11.7. The number of aliphatic hydroxyl groups is 1. The van der Waals surface area contributed by atoms with Crippen LogP contribution in [0.5, 0.6) is 0 Å². The number of hydrogen-bond acceptors (Lipinski definition) is 3. The first kappa shape index (κ1) is 13.3. The van der Waals surface area contributed by atoms with Crippen molar-refractivity contribution >= 4 is 0 Å². The summed E-state index contributed by atoms with van der Waals surface area (Å²) in [5.41, 5.74) is 0.290. The first-order valence-electron chi connectivity index (χ1n) is 7.05. The van der Waals surface area contributed by atoms with Crippen molar-refractivity contribution in [3.05, 3.63) is 0 Å². The fourth-order valence-electron chi connectivity index (χ4n) is 3.50. The number of fused-ring (bicyclic) bond motifs is 2. The molecule has 2 saturated heterocycles. The second kappa shape index (κ2) is 4.87. The number of nitrogens with zero attached hydrogens (tertiary/aromatic N) is 1. The van der Waals surface area contributed by atoms with Crippen molar-refractivity contribution in [2.45, 2.75) is 70.7 Å². The van der Waals surface area contributed by atoms with Gasteiger partial charge in [-0.25, -0.2) is 0 Å². The molecule has 2 fully saturated rings. The van der Waals surface area contributed by atoms with Gasteiger partial charge in [0.25, 0.3) is 0 Å². The number of nitrogens with one attached hydrogen (secondary N) is 1. The Hall–Kier alpha value is -0.120. The highest BCUT2D eigenvalue weighted by molar-refractivity contribution is 4.98. The van der Waals surface area contributed by atoms with Gasteiger partial charge in [0.05, 0.1) is 6.10 Å². The lowest BCUT2D eigenvalue weighted by Gasteiger charge is -2.43. The largest absolute Gasteiger partial charge is 0.393 e. The summed E-state index contributed by atoms with van der Waals surface area (Å²) >= 11 is 0. The molecule has 2 N–H and O–H groups in total. The molecule has 0 aromatic rings. The van der Waals surface area contributed by atoms with Gasteiger partial charge in [-0.05, 0) is 45.1 Å². The standard InChI is InChI=1S/C14H28N2O/c1-10(15-4)14(2,3)9-16-11-5-6-12(16)8-13(17)7-11/h10-13,15,17H,5-9H2,1-4H3. The van der Waals surface area contributed by atoms with Gasteiger partial charge in [0.15, 0.2) is 0 Å². The lowest BCUT2D eigenvalue weighted by atomic mass is 9.83. The van der Waals surface area contributed by atoms with Crippen LogP contribution in [0.1, 0.15) is 46.5 Å². The Morgan fingerprint density at radius 2 is 1.82 bits per heavy atom. The van der Waals surface area contributed by atoms with Crippen LogP contribution in [-0.4, -0.2) is 47.8 Å². The van der Waals surface area contributed by atoms with E-state index in [1.54, 1.807) is 0 Å². The smallest absolute Gasteiger partial charge is 0.0570 e. The van der Waals surface area contributed by atoms with Crippen LogP contribution in [0.2, 0.25) is 0 Å². The summed E-state index contributed by atoms with van der Waals surface area (Å²) in [7, 11) is 2.04. The molecule has 17 heavy (non-hydrogen) atoms. The maximum Gasteiger partial charge on any atom is 0.0570 e. The van der Waals surface area contributed by atoms with Gasteiger partial charge in [0.2, 0.25) is 0 Å². The van der Waals surface area contributed by atoms with Gasteiger partial charge in [0.1, 0.15) is 0 Å². The third-order valence-corrected chi connectivity index (χ3v) is 5.05. The van der Waals surface area contributed by atoms with Crippen LogP contribution in [0, 0.1) is 5.41 Å². The van der Waals surface area contributed by atoms with E-state index in [0.29, 0.717) is 18.1 Å². The Balaban J connectivity index is 2.00. The second-order valence-electron chi connectivity index (χ2n) is 6.68. The number of aliphatic hydroxyl groups excluding tert-OH is 1. The Bertz CT molecular complexity index is 253. The van der Waals surface area contributed by atoms with E-state index < -0.39 is 0 Å². The number of rotatable bonds is 4. The Labute approximate surface area is 106 Å². The van der Waals surface area contributed by atoms with Gasteiger partial charge >= 0.3 is 0 Å². The van der Waals surface area contributed by atoms with Crippen LogP contribution in [-0.2, 0) is 0 Å². The van der Waals surface area contributed by atoms with Gasteiger partial charge in [-0.2, -0.15) is 0 Å². The molecule has 3 heteroatoms. The summed E-state index contributed by atoms with van der Waals surface area (Å²) in [5.74, 6) is 0. The molecule has 0 radical (unpaired) electrons. The van der Waals surface area contributed by atoms with E-state index in [-0.39, 0.29) is 11.5 Å². The minimum atomic E-state index is -0.0476. The lowest BCUT2D eigenvalue weighted by molar-refractivity contribution is 0.0103. The highest BCUT2D eigenvalue weighted by atomic mass is 16.3. The molecule has 2 heterocycles. The van der Waals surface area contributed by atoms with E-state index in [9.17, 15) is 5.11 Å². The predicted octanol–water partition coefficient (Wildman–Crippen LogP) is 1.61. The fourth-order valence-corrected chi connectivity index (χ4v) is 3.50. The Morgan fingerprint density at radius 1 is 1.29 bits per heavy atom. The summed E-state index contributed by atoms with van der Waals surface area (Å²) < 4.78 is 0. The molecule has 3 unspecified atom stereocenters. The van der Waals surface area contributed by atoms with Crippen molar-refractivity contribution in [1.82, 2.24) is 10.2 Å². The predicted molar refractivity (Wildman–Crippen MR) is 71.1 cm³/mol. The van der Waals surface area contributed by atoms with Crippen molar-refractivity contribution in [2.24, 2.45) is 5.41 Å². The molecule has 0 aromatic heterocycles. The molecule has 100 valence electrons. The van der Waals surface area contributed by atoms with Crippen molar-refractivity contribution in [1.29, 1.82) is 0 Å². The summed E-state index contributed by atoms with van der Waals surface area (Å²) in [6, 6.07) is 1.79. The first-order chi connectivity index (χ1) is 7.94. The second-order valence-corrected chi connectivity index (χ2v) is 6.68. The average molecular weight is 240 g/mol. The summed E-state index contributed by atoms with van der Waals surface area (Å²) in [6.45, 7) is 8.11. The van der Waals surface area contributed by atoms with Crippen LogP contribution < -0.4 is 5.32 Å². The molecule has 0 aromatic carbocycles. The quantitative estimate of drug-likeness (QED) is 0.783. The van der Waals surface area contributed by atoms with Crippen molar-refractivity contribution in [3.8, 4) is 0 Å². The SMILES string of the molecule is CNC(C)C(C)(C)CN1C2CCC1CC(O)C2. The molecule has 2 bridgehead atoms. The van der Waals surface area contributed by atoms with Crippen LogP contribution in [0.3, 0.4) is 0 Å². The molecule has 2 aliphatic rings. The number of hydrogen-bond donors (Lipinski definition) is 2. The molecule has 2 rings (SSSR count). The summed E-state index contributed by atoms with van der Waals surface area (Å²) in [5, 5.41) is 13.2. The van der Waals surface area contributed by atoms with E-state index in [2.05, 4.69) is 31.0 Å². The molecular formula is C14H28N2O. The normalized spacial score (nSPS) is 36.2. The van der Waals surface area contributed by atoms with E-state index in [1.165, 1.54) is 12.8 Å². The zero-order chi connectivity index (χ0) is 12.6. The first-order valence-corrected chi connectivity index (χ1v) is 7.05. The molecule has 0 amide bonds. The molecule has 0 aliphatic carbocycles. The minimum absolute atomic E-state index is 0.0476. The molecular weight excluding hydrogens is 212 g/mol.